The molecule has 3 nitrogen and oxygen atoms in total. The molecule has 118 valence electrons. The van der Waals surface area contributed by atoms with Gasteiger partial charge in [0.1, 0.15) is 10.6 Å². The Kier molecular flexibility index (Phi) is 6.36. The summed E-state index contributed by atoms with van der Waals surface area (Å²) in [6.45, 7) is 4.02. The third-order valence-electron chi connectivity index (χ3n) is 3.06. The summed E-state index contributed by atoms with van der Waals surface area (Å²) in [6.07, 6.45) is 0. The molecule has 2 aromatic rings. The summed E-state index contributed by atoms with van der Waals surface area (Å²) >= 11 is 2.43. The standard InChI is InChI=1S/C17H21IO3P/c1-17(2,20-14-13-19)21-22(18,15-9-5-3-6-10-15)16-11-7-4-8-12-16/h3-12,19H,13-14H2,1-2H3/q+1. The maximum absolute atomic E-state index is 8.99. The SMILES string of the molecule is CC(C)(OCCO)O[P+](I)(c1ccccc1)c1ccccc1. The molecule has 0 aromatic heterocycles. The predicted octanol–water partition coefficient (Wildman–Crippen LogP) is 3.68. The predicted molar refractivity (Wildman–Crippen MR) is 101 cm³/mol. The van der Waals surface area contributed by atoms with Crippen LogP contribution in [0.1, 0.15) is 13.8 Å². The summed E-state index contributed by atoms with van der Waals surface area (Å²) < 4.78 is 12.1. The van der Waals surface area contributed by atoms with Crippen molar-refractivity contribution in [2.24, 2.45) is 0 Å². The van der Waals surface area contributed by atoms with Gasteiger partial charge in [0, 0.05) is 0 Å². The topological polar surface area (TPSA) is 38.7 Å². The van der Waals surface area contributed by atoms with Gasteiger partial charge in [-0.15, -0.1) is 0 Å². The Hall–Kier alpha value is -0.520. The quantitative estimate of drug-likeness (QED) is 0.413. The van der Waals surface area contributed by atoms with Crippen LogP contribution in [0.2, 0.25) is 0 Å². The zero-order valence-electron chi connectivity index (χ0n) is 12.8. The van der Waals surface area contributed by atoms with Crippen LogP contribution in [-0.2, 0) is 9.26 Å². The van der Waals surface area contributed by atoms with Crippen LogP contribution in [0.3, 0.4) is 0 Å². The Morgan fingerprint density at radius 1 is 0.955 bits per heavy atom. The van der Waals surface area contributed by atoms with E-state index < -0.39 is 10.9 Å². The van der Waals surface area contributed by atoms with Gasteiger partial charge in [-0.3, -0.25) is 0 Å². The van der Waals surface area contributed by atoms with Crippen molar-refractivity contribution in [1.82, 2.24) is 0 Å². The lowest BCUT2D eigenvalue weighted by atomic mass is 10.4. The Labute approximate surface area is 145 Å². The molecule has 5 heteroatoms. The number of aliphatic hydroxyl groups is 1. The van der Waals surface area contributed by atoms with E-state index in [9.17, 15) is 0 Å². The molecule has 0 fully saturated rings. The van der Waals surface area contributed by atoms with Crippen molar-refractivity contribution in [3.05, 3.63) is 60.7 Å². The van der Waals surface area contributed by atoms with E-state index >= 15 is 0 Å². The van der Waals surface area contributed by atoms with Gasteiger partial charge in [-0.05, 0) is 38.1 Å². The Bertz CT molecular complexity index is 535. The molecular formula is C17H21IO3P+. The second-order valence-electron chi connectivity index (χ2n) is 5.27. The molecule has 0 aliphatic rings. The highest BCUT2D eigenvalue weighted by atomic mass is 127. The van der Waals surface area contributed by atoms with Crippen molar-refractivity contribution in [3.63, 3.8) is 0 Å². The van der Waals surface area contributed by atoms with Gasteiger partial charge in [-0.1, -0.05) is 36.4 Å². The molecule has 0 spiro atoms. The second kappa shape index (κ2) is 7.84. The van der Waals surface area contributed by atoms with E-state index in [0.29, 0.717) is 0 Å². The lowest BCUT2D eigenvalue weighted by molar-refractivity contribution is -0.156. The third kappa shape index (κ3) is 4.49. The van der Waals surface area contributed by atoms with Gasteiger partial charge in [0.25, 0.3) is 5.13 Å². The van der Waals surface area contributed by atoms with Gasteiger partial charge in [0.15, 0.2) is 0 Å². The first-order chi connectivity index (χ1) is 10.5. The monoisotopic (exact) mass is 431 g/mol. The summed E-state index contributed by atoms with van der Waals surface area (Å²) in [5.41, 5.74) is 0. The summed E-state index contributed by atoms with van der Waals surface area (Å²) in [5, 5.41) is 9.23. The molecule has 0 atom stereocenters. The number of rotatable bonds is 7. The number of benzene rings is 2. The van der Waals surface area contributed by atoms with Crippen molar-refractivity contribution >= 4 is 37.8 Å². The first-order valence-electron chi connectivity index (χ1n) is 7.13. The van der Waals surface area contributed by atoms with Crippen molar-refractivity contribution in [2.75, 3.05) is 13.2 Å². The minimum Gasteiger partial charge on any atom is -0.394 e. The molecule has 0 heterocycles. The lowest BCUT2D eigenvalue weighted by Gasteiger charge is -2.29. The van der Waals surface area contributed by atoms with Gasteiger partial charge in [-0.25, -0.2) is 0 Å². The smallest absolute Gasteiger partial charge is 0.273 e. The van der Waals surface area contributed by atoms with Crippen LogP contribution in [-0.4, -0.2) is 24.1 Å². The van der Waals surface area contributed by atoms with Crippen molar-refractivity contribution in [1.29, 1.82) is 0 Å². The fourth-order valence-electron chi connectivity index (χ4n) is 2.11. The first kappa shape index (κ1) is 17.8. The summed E-state index contributed by atoms with van der Waals surface area (Å²) in [4.78, 5) is 0. The maximum atomic E-state index is 8.99. The zero-order chi connectivity index (χ0) is 16.1. The maximum Gasteiger partial charge on any atom is 0.273 e. The van der Waals surface area contributed by atoms with Crippen molar-refractivity contribution in [3.8, 4) is 0 Å². The molecular weight excluding hydrogens is 410 g/mol. The molecule has 0 unspecified atom stereocenters. The van der Waals surface area contributed by atoms with Gasteiger partial charge < -0.3 is 9.84 Å². The van der Waals surface area contributed by atoms with Crippen LogP contribution in [0.5, 0.6) is 0 Å². The van der Waals surface area contributed by atoms with Crippen LogP contribution in [0.25, 0.3) is 0 Å². The van der Waals surface area contributed by atoms with Gasteiger partial charge in [0.05, 0.1) is 13.2 Å². The minimum atomic E-state index is -2.07. The summed E-state index contributed by atoms with van der Waals surface area (Å²) in [5.74, 6) is -0.774. The molecule has 0 radical (unpaired) electrons. The van der Waals surface area contributed by atoms with E-state index in [0.717, 1.165) is 10.6 Å². The molecule has 2 aromatic carbocycles. The molecule has 0 bridgehead atoms. The van der Waals surface area contributed by atoms with E-state index in [-0.39, 0.29) is 13.2 Å². The van der Waals surface area contributed by atoms with Gasteiger partial charge >= 0.3 is 0 Å². The van der Waals surface area contributed by atoms with Gasteiger partial charge in [0.2, 0.25) is 27.8 Å². The minimum absolute atomic E-state index is 0.0177. The Balaban J connectivity index is 2.39. The largest absolute Gasteiger partial charge is 0.394 e. The number of ether oxygens (including phenoxy) is 1. The van der Waals surface area contributed by atoms with E-state index in [1.54, 1.807) is 0 Å². The molecule has 22 heavy (non-hydrogen) atoms. The van der Waals surface area contributed by atoms with Crippen LogP contribution in [0.15, 0.2) is 60.7 Å². The van der Waals surface area contributed by atoms with E-state index in [1.165, 1.54) is 0 Å². The highest BCUT2D eigenvalue weighted by molar-refractivity contribution is 14.2. The van der Waals surface area contributed by atoms with E-state index in [4.69, 9.17) is 14.4 Å². The fourth-order valence-corrected chi connectivity index (χ4v) is 7.75. The number of hydrogen-bond acceptors (Lipinski definition) is 3. The highest BCUT2D eigenvalue weighted by Crippen LogP contribution is 2.67. The summed E-state index contributed by atoms with van der Waals surface area (Å²) in [6, 6.07) is 20.5. The average Bonchev–Trinajstić information content (AvgIpc) is 2.54. The first-order valence-corrected chi connectivity index (χ1v) is 11.6. The summed E-state index contributed by atoms with van der Waals surface area (Å²) in [7, 11) is 0. The zero-order valence-corrected chi connectivity index (χ0v) is 15.8. The lowest BCUT2D eigenvalue weighted by Crippen LogP contribution is -2.33. The molecule has 0 saturated carbocycles. The molecule has 0 aliphatic carbocycles. The van der Waals surface area contributed by atoms with E-state index in [2.05, 4.69) is 46.3 Å². The molecule has 0 amide bonds. The third-order valence-corrected chi connectivity index (χ3v) is 9.61. The van der Waals surface area contributed by atoms with Gasteiger partial charge in [-0.2, -0.15) is 4.52 Å². The normalized spacial score (nSPS) is 12.4. The Morgan fingerprint density at radius 3 is 1.82 bits per heavy atom. The molecule has 2 rings (SSSR count). The molecule has 0 aliphatic heterocycles. The highest BCUT2D eigenvalue weighted by Gasteiger charge is 2.48. The Morgan fingerprint density at radius 2 is 1.41 bits per heavy atom. The molecule has 1 N–H and O–H groups in total. The van der Waals surface area contributed by atoms with Crippen molar-refractivity contribution < 1.29 is 14.4 Å². The second-order valence-corrected chi connectivity index (χ2v) is 11.6. The molecule has 0 saturated heterocycles. The van der Waals surface area contributed by atoms with E-state index in [1.807, 2.05) is 50.2 Å². The van der Waals surface area contributed by atoms with Crippen LogP contribution < -0.4 is 10.6 Å². The number of hydrogen-bond donors (Lipinski definition) is 1. The average molecular weight is 431 g/mol. The van der Waals surface area contributed by atoms with Crippen molar-refractivity contribution in [2.45, 2.75) is 19.6 Å². The van der Waals surface area contributed by atoms with Crippen LogP contribution in [0, 0.1) is 0 Å². The van der Waals surface area contributed by atoms with Crippen LogP contribution >= 0.6 is 27.2 Å². The van der Waals surface area contributed by atoms with Crippen LogP contribution in [0.4, 0.5) is 0 Å². The number of halogens is 1. The number of aliphatic hydroxyl groups excluding tert-OH is 1. The fraction of sp³-hybridized carbons (Fsp3) is 0.294.